The van der Waals surface area contributed by atoms with Gasteiger partial charge in [0, 0.05) is 11.9 Å². The number of phenols is 1. The summed E-state index contributed by atoms with van der Waals surface area (Å²) in [5, 5.41) is 23.2. The van der Waals surface area contributed by atoms with E-state index in [4.69, 9.17) is 0 Å². The molecule has 4 rings (SSSR count). The number of nitrogens with one attached hydrogen (secondary N) is 1. The van der Waals surface area contributed by atoms with E-state index in [1.54, 1.807) is 24.3 Å². The van der Waals surface area contributed by atoms with Crippen LogP contribution < -0.4 is 5.43 Å². The van der Waals surface area contributed by atoms with Gasteiger partial charge in [0.05, 0.1) is 11.2 Å². The molecule has 0 aliphatic heterocycles. The molecule has 0 atom stereocenters. The summed E-state index contributed by atoms with van der Waals surface area (Å²) in [5.74, 6) is 0.563. The van der Waals surface area contributed by atoms with Crippen LogP contribution in [-0.2, 0) is 6.54 Å². The fourth-order valence-corrected chi connectivity index (χ4v) is 2.97. The summed E-state index contributed by atoms with van der Waals surface area (Å²) in [4.78, 5) is 4.59. The van der Waals surface area contributed by atoms with E-state index in [-0.39, 0.29) is 5.75 Å². The minimum Gasteiger partial charge on any atom is -0.508 e. The number of aromatic nitrogens is 4. The Bertz CT molecular complexity index is 1110. The van der Waals surface area contributed by atoms with Gasteiger partial charge < -0.3 is 9.67 Å². The summed E-state index contributed by atoms with van der Waals surface area (Å²) in [7, 11) is 0. The van der Waals surface area contributed by atoms with Crippen molar-refractivity contribution >= 4 is 33.7 Å². The van der Waals surface area contributed by atoms with Crippen molar-refractivity contribution in [2.24, 2.45) is 5.10 Å². The first-order valence-corrected chi connectivity index (χ1v) is 8.38. The van der Waals surface area contributed by atoms with Crippen LogP contribution >= 0.6 is 0 Å². The number of hydrogen-bond acceptors (Lipinski definition) is 6. The van der Waals surface area contributed by atoms with Crippen molar-refractivity contribution in [2.45, 2.75) is 20.4 Å². The molecule has 7 nitrogen and oxygen atoms in total. The first kappa shape index (κ1) is 16.0. The lowest BCUT2D eigenvalue weighted by molar-refractivity contribution is 0.475. The summed E-state index contributed by atoms with van der Waals surface area (Å²) in [6.45, 7) is 4.74. The third-order valence-electron chi connectivity index (χ3n) is 4.30. The van der Waals surface area contributed by atoms with Crippen molar-refractivity contribution in [1.29, 1.82) is 0 Å². The molecule has 0 saturated carbocycles. The third-order valence-corrected chi connectivity index (χ3v) is 4.30. The van der Waals surface area contributed by atoms with Crippen LogP contribution in [0.4, 0.5) is 5.95 Å². The van der Waals surface area contributed by atoms with Gasteiger partial charge in [-0.1, -0.05) is 18.2 Å². The van der Waals surface area contributed by atoms with E-state index in [0.29, 0.717) is 5.95 Å². The van der Waals surface area contributed by atoms with Gasteiger partial charge >= 0.3 is 0 Å². The Morgan fingerprint density at radius 1 is 1.12 bits per heavy atom. The summed E-state index contributed by atoms with van der Waals surface area (Å²) in [6, 6.07) is 14.9. The van der Waals surface area contributed by atoms with Crippen molar-refractivity contribution < 1.29 is 5.11 Å². The number of para-hydroxylation sites is 1. The lowest BCUT2D eigenvalue weighted by Crippen LogP contribution is -2.04. The molecule has 0 bridgehead atoms. The zero-order valence-electron chi connectivity index (χ0n) is 14.5. The molecular weight excluding hydrogens is 328 g/mol. The number of anilines is 1. The molecule has 0 aliphatic carbocycles. The van der Waals surface area contributed by atoms with Gasteiger partial charge in [-0.25, -0.2) is 5.43 Å². The number of fused-ring (bicyclic) bond motifs is 3. The molecule has 0 spiro atoms. The molecule has 4 aromatic rings. The van der Waals surface area contributed by atoms with E-state index in [2.05, 4.69) is 43.3 Å². The van der Waals surface area contributed by atoms with Crippen LogP contribution in [0.3, 0.4) is 0 Å². The maximum absolute atomic E-state index is 9.37. The quantitative estimate of drug-likeness (QED) is 0.436. The predicted molar refractivity (Wildman–Crippen MR) is 102 cm³/mol. The first-order chi connectivity index (χ1) is 12.7. The molecule has 26 heavy (non-hydrogen) atoms. The maximum Gasteiger partial charge on any atom is 0.265 e. The van der Waals surface area contributed by atoms with Crippen LogP contribution in [0.2, 0.25) is 0 Å². The molecule has 7 heteroatoms. The van der Waals surface area contributed by atoms with Crippen LogP contribution in [0.25, 0.3) is 22.1 Å². The Kier molecular flexibility index (Phi) is 3.96. The molecule has 0 fully saturated rings. The highest BCUT2D eigenvalue weighted by Gasteiger charge is 2.13. The Hall–Kier alpha value is -3.48. The molecule has 2 heterocycles. The van der Waals surface area contributed by atoms with Crippen molar-refractivity contribution in [2.75, 3.05) is 5.43 Å². The minimum atomic E-state index is 0.222. The number of phenolic OH excluding ortho intramolecular Hbond substituents is 1. The largest absolute Gasteiger partial charge is 0.508 e. The van der Waals surface area contributed by atoms with Gasteiger partial charge in [-0.15, -0.1) is 10.2 Å². The minimum absolute atomic E-state index is 0.222. The molecule has 2 N–H and O–H groups in total. The predicted octanol–water partition coefficient (Wildman–Crippen LogP) is 3.54. The van der Waals surface area contributed by atoms with Crippen LogP contribution in [0.5, 0.6) is 5.75 Å². The van der Waals surface area contributed by atoms with Crippen molar-refractivity contribution in [3.8, 4) is 5.75 Å². The highest BCUT2D eigenvalue weighted by molar-refractivity contribution is 6.04. The summed E-state index contributed by atoms with van der Waals surface area (Å²) < 4.78 is 2.11. The van der Waals surface area contributed by atoms with Gasteiger partial charge in [-0.2, -0.15) is 10.1 Å². The third kappa shape index (κ3) is 2.73. The molecule has 0 unspecified atom stereocenters. The number of hydrogen-bond donors (Lipinski definition) is 2. The lowest BCUT2D eigenvalue weighted by Gasteiger charge is -2.04. The van der Waals surface area contributed by atoms with Gasteiger partial charge in [0.1, 0.15) is 11.3 Å². The molecule has 0 radical (unpaired) electrons. The zero-order valence-corrected chi connectivity index (χ0v) is 14.5. The van der Waals surface area contributed by atoms with E-state index in [0.717, 1.165) is 39.9 Å². The normalized spacial score (nSPS) is 12.0. The summed E-state index contributed by atoms with van der Waals surface area (Å²) >= 11 is 0. The second kappa shape index (κ2) is 6.44. The van der Waals surface area contributed by atoms with Crippen molar-refractivity contribution in [3.05, 3.63) is 54.1 Å². The van der Waals surface area contributed by atoms with Gasteiger partial charge in [-0.05, 0) is 49.7 Å². The molecule has 130 valence electrons. The first-order valence-electron chi connectivity index (χ1n) is 8.38. The zero-order chi connectivity index (χ0) is 18.1. The lowest BCUT2D eigenvalue weighted by atomic mass is 10.1. The number of rotatable bonds is 4. The average molecular weight is 346 g/mol. The van der Waals surface area contributed by atoms with E-state index in [9.17, 15) is 5.11 Å². The Morgan fingerprint density at radius 3 is 2.65 bits per heavy atom. The van der Waals surface area contributed by atoms with Crippen LogP contribution in [0.15, 0.2) is 53.6 Å². The van der Waals surface area contributed by atoms with Gasteiger partial charge in [0.25, 0.3) is 5.95 Å². The molecule has 2 aromatic carbocycles. The second-order valence-electron chi connectivity index (χ2n) is 5.92. The van der Waals surface area contributed by atoms with E-state index in [1.165, 1.54) is 0 Å². The van der Waals surface area contributed by atoms with Crippen LogP contribution in [0, 0.1) is 0 Å². The van der Waals surface area contributed by atoms with Gasteiger partial charge in [-0.3, -0.25) is 0 Å². The standard InChI is InChI=1S/C19H18N6O/c1-3-25-16-7-5-4-6-15(16)17-18(25)20-19(24-22-17)23-21-12(2)13-8-10-14(26)11-9-13/h4-11,26H,3H2,1-2H3,(H,20,23,24)/b21-12+. The molecular formula is C19H18N6O. The molecule has 0 amide bonds. The SMILES string of the molecule is CCn1c2ccccc2c2nnc(N/N=C(\C)c3ccc(O)cc3)nc21. The Labute approximate surface area is 150 Å². The second-order valence-corrected chi connectivity index (χ2v) is 5.92. The fraction of sp³-hybridized carbons (Fsp3) is 0.158. The van der Waals surface area contributed by atoms with E-state index >= 15 is 0 Å². The van der Waals surface area contributed by atoms with Crippen LogP contribution in [-0.4, -0.2) is 30.6 Å². The Balaban J connectivity index is 1.70. The number of benzene rings is 2. The van der Waals surface area contributed by atoms with Gasteiger partial charge in [0.15, 0.2) is 5.65 Å². The highest BCUT2D eigenvalue weighted by atomic mass is 16.3. The smallest absolute Gasteiger partial charge is 0.265 e. The number of hydrazone groups is 1. The number of aryl methyl sites for hydroxylation is 1. The fourth-order valence-electron chi connectivity index (χ4n) is 2.97. The topological polar surface area (TPSA) is 88.2 Å². The number of aromatic hydroxyl groups is 1. The van der Waals surface area contributed by atoms with E-state index < -0.39 is 0 Å². The molecule has 0 aliphatic rings. The van der Waals surface area contributed by atoms with Gasteiger partial charge in [0.2, 0.25) is 0 Å². The number of nitrogens with zero attached hydrogens (tertiary/aromatic N) is 5. The molecule has 2 aromatic heterocycles. The maximum atomic E-state index is 9.37. The van der Waals surface area contributed by atoms with Crippen molar-refractivity contribution in [1.82, 2.24) is 19.7 Å². The molecule has 0 saturated heterocycles. The monoisotopic (exact) mass is 346 g/mol. The van der Waals surface area contributed by atoms with Crippen LogP contribution in [0.1, 0.15) is 19.4 Å². The summed E-state index contributed by atoms with van der Waals surface area (Å²) in [6.07, 6.45) is 0. The Morgan fingerprint density at radius 2 is 1.88 bits per heavy atom. The summed E-state index contributed by atoms with van der Waals surface area (Å²) in [5.41, 5.74) is 7.18. The van der Waals surface area contributed by atoms with E-state index in [1.807, 2.05) is 25.1 Å². The average Bonchev–Trinajstić information content (AvgIpc) is 2.99. The van der Waals surface area contributed by atoms with Crippen molar-refractivity contribution in [3.63, 3.8) is 0 Å². The highest BCUT2D eigenvalue weighted by Crippen LogP contribution is 2.26.